The second kappa shape index (κ2) is 8.15. The standard InChI is InChI=1S/C16H16FN3O.2ClH/c1-21-12-5-2-10(3-6-12)8-13(18)16-19-14-7-4-11(17)9-15(14)20-16;;/h2-7,9,13H,8,18H2,1H3,(H,19,20);2*1H/t13-;;/m1../s1. The summed E-state index contributed by atoms with van der Waals surface area (Å²) in [7, 11) is 1.63. The number of benzene rings is 2. The maximum absolute atomic E-state index is 13.2. The first kappa shape index (κ1) is 19.2. The molecule has 4 nitrogen and oxygen atoms in total. The van der Waals surface area contributed by atoms with Crippen LogP contribution in [0.5, 0.6) is 5.75 Å². The van der Waals surface area contributed by atoms with Crippen molar-refractivity contribution in [2.24, 2.45) is 5.73 Å². The van der Waals surface area contributed by atoms with E-state index in [9.17, 15) is 4.39 Å². The number of nitrogens with one attached hydrogen (secondary N) is 1. The van der Waals surface area contributed by atoms with E-state index in [1.807, 2.05) is 24.3 Å². The molecule has 3 N–H and O–H groups in total. The van der Waals surface area contributed by atoms with Crippen LogP contribution in [0.3, 0.4) is 0 Å². The molecule has 2 aromatic carbocycles. The Labute approximate surface area is 146 Å². The van der Waals surface area contributed by atoms with Gasteiger partial charge >= 0.3 is 0 Å². The minimum atomic E-state index is -0.290. The number of rotatable bonds is 4. The number of fused-ring (bicyclic) bond motifs is 1. The highest BCUT2D eigenvalue weighted by Gasteiger charge is 2.12. The molecule has 3 rings (SSSR count). The number of aromatic amines is 1. The van der Waals surface area contributed by atoms with Gasteiger partial charge in [-0.15, -0.1) is 24.8 Å². The van der Waals surface area contributed by atoms with E-state index in [1.165, 1.54) is 12.1 Å². The van der Waals surface area contributed by atoms with Gasteiger partial charge in [0.1, 0.15) is 17.4 Å². The topological polar surface area (TPSA) is 63.9 Å². The lowest BCUT2D eigenvalue weighted by Crippen LogP contribution is -2.14. The smallest absolute Gasteiger partial charge is 0.125 e. The van der Waals surface area contributed by atoms with Crippen LogP contribution in [0.15, 0.2) is 42.5 Å². The van der Waals surface area contributed by atoms with Crippen LogP contribution < -0.4 is 10.5 Å². The molecule has 124 valence electrons. The molecule has 7 heteroatoms. The molecule has 1 atom stereocenters. The molecule has 0 aliphatic carbocycles. The van der Waals surface area contributed by atoms with Gasteiger partial charge in [-0.25, -0.2) is 9.37 Å². The SMILES string of the molecule is COc1ccc(C[C@@H](N)c2nc3ccc(F)cc3[nH]2)cc1.Cl.Cl. The highest BCUT2D eigenvalue weighted by molar-refractivity contribution is 5.85. The highest BCUT2D eigenvalue weighted by atomic mass is 35.5. The molecule has 0 fully saturated rings. The average Bonchev–Trinajstić information content (AvgIpc) is 2.91. The van der Waals surface area contributed by atoms with Crippen LogP contribution in [0.2, 0.25) is 0 Å². The van der Waals surface area contributed by atoms with Gasteiger partial charge < -0.3 is 15.5 Å². The Kier molecular flexibility index (Phi) is 6.81. The molecule has 0 saturated heterocycles. The van der Waals surface area contributed by atoms with E-state index < -0.39 is 0 Å². The molecule has 1 heterocycles. The lowest BCUT2D eigenvalue weighted by atomic mass is 10.1. The van der Waals surface area contributed by atoms with Crippen molar-refractivity contribution in [1.29, 1.82) is 0 Å². The average molecular weight is 358 g/mol. The third-order valence-corrected chi connectivity index (χ3v) is 3.43. The molecule has 0 saturated carbocycles. The first-order chi connectivity index (χ1) is 10.2. The highest BCUT2D eigenvalue weighted by Crippen LogP contribution is 2.20. The zero-order chi connectivity index (χ0) is 14.8. The van der Waals surface area contributed by atoms with Gasteiger partial charge in [0.15, 0.2) is 0 Å². The summed E-state index contributed by atoms with van der Waals surface area (Å²) >= 11 is 0. The fourth-order valence-corrected chi connectivity index (χ4v) is 2.29. The van der Waals surface area contributed by atoms with E-state index in [1.54, 1.807) is 13.2 Å². The normalized spacial score (nSPS) is 11.4. The second-order valence-corrected chi connectivity index (χ2v) is 4.94. The van der Waals surface area contributed by atoms with Gasteiger partial charge in [0.2, 0.25) is 0 Å². The number of ether oxygens (including phenoxy) is 1. The van der Waals surface area contributed by atoms with Gasteiger partial charge in [-0.3, -0.25) is 0 Å². The Morgan fingerprint density at radius 1 is 1.17 bits per heavy atom. The van der Waals surface area contributed by atoms with Crippen molar-refractivity contribution in [3.63, 3.8) is 0 Å². The van der Waals surface area contributed by atoms with E-state index in [-0.39, 0.29) is 36.7 Å². The minimum absolute atomic E-state index is 0. The van der Waals surface area contributed by atoms with Crippen LogP contribution in [0.4, 0.5) is 4.39 Å². The summed E-state index contributed by atoms with van der Waals surface area (Å²) in [4.78, 5) is 7.49. The van der Waals surface area contributed by atoms with Crippen LogP contribution in [0, 0.1) is 5.82 Å². The van der Waals surface area contributed by atoms with Gasteiger partial charge in [0.25, 0.3) is 0 Å². The molecule has 0 radical (unpaired) electrons. The molecule has 0 unspecified atom stereocenters. The zero-order valence-corrected chi connectivity index (χ0v) is 14.1. The Morgan fingerprint density at radius 2 is 1.87 bits per heavy atom. The first-order valence-electron chi connectivity index (χ1n) is 6.69. The molecule has 0 spiro atoms. The van der Waals surface area contributed by atoms with Gasteiger partial charge in [-0.1, -0.05) is 12.1 Å². The first-order valence-corrected chi connectivity index (χ1v) is 6.69. The fraction of sp³-hybridized carbons (Fsp3) is 0.188. The van der Waals surface area contributed by atoms with Crippen molar-refractivity contribution in [2.75, 3.05) is 7.11 Å². The Balaban J connectivity index is 0.00000132. The van der Waals surface area contributed by atoms with Gasteiger partial charge in [0.05, 0.1) is 24.2 Å². The van der Waals surface area contributed by atoms with E-state index in [0.717, 1.165) is 16.8 Å². The van der Waals surface area contributed by atoms with Crippen molar-refractivity contribution in [3.8, 4) is 5.75 Å². The number of nitrogens with two attached hydrogens (primary N) is 1. The summed E-state index contributed by atoms with van der Waals surface area (Å²) in [6.45, 7) is 0. The number of methoxy groups -OCH3 is 1. The number of H-pyrrole nitrogens is 1. The zero-order valence-electron chi connectivity index (χ0n) is 12.5. The number of hydrogen-bond donors (Lipinski definition) is 2. The Bertz CT molecular complexity index is 762. The van der Waals surface area contributed by atoms with Crippen molar-refractivity contribution in [3.05, 3.63) is 59.7 Å². The van der Waals surface area contributed by atoms with Gasteiger partial charge in [-0.05, 0) is 42.3 Å². The third-order valence-electron chi connectivity index (χ3n) is 3.43. The molecular weight excluding hydrogens is 340 g/mol. The molecule has 0 bridgehead atoms. The van der Waals surface area contributed by atoms with Crippen molar-refractivity contribution >= 4 is 35.8 Å². The predicted molar refractivity (Wildman–Crippen MR) is 94.2 cm³/mol. The van der Waals surface area contributed by atoms with Crippen molar-refractivity contribution in [1.82, 2.24) is 9.97 Å². The Morgan fingerprint density at radius 3 is 2.52 bits per heavy atom. The summed E-state index contributed by atoms with van der Waals surface area (Å²) in [6, 6.07) is 11.9. The van der Waals surface area contributed by atoms with Crippen LogP contribution in [-0.2, 0) is 6.42 Å². The van der Waals surface area contributed by atoms with E-state index in [2.05, 4.69) is 9.97 Å². The van der Waals surface area contributed by atoms with E-state index in [4.69, 9.17) is 10.5 Å². The number of imidazole rings is 1. The molecule has 0 amide bonds. The summed E-state index contributed by atoms with van der Waals surface area (Å²) in [6.07, 6.45) is 0.645. The molecule has 3 aromatic rings. The number of aromatic nitrogens is 2. The lowest BCUT2D eigenvalue weighted by Gasteiger charge is -2.09. The molecule has 0 aliphatic heterocycles. The van der Waals surface area contributed by atoms with Crippen LogP contribution >= 0.6 is 24.8 Å². The molecule has 23 heavy (non-hydrogen) atoms. The van der Waals surface area contributed by atoms with Gasteiger partial charge in [-0.2, -0.15) is 0 Å². The maximum atomic E-state index is 13.2. The van der Waals surface area contributed by atoms with Crippen molar-refractivity contribution < 1.29 is 9.13 Å². The van der Waals surface area contributed by atoms with Crippen LogP contribution in [0.1, 0.15) is 17.4 Å². The number of halogens is 3. The van der Waals surface area contributed by atoms with Gasteiger partial charge in [0, 0.05) is 0 Å². The minimum Gasteiger partial charge on any atom is -0.497 e. The summed E-state index contributed by atoms with van der Waals surface area (Å²) in [5, 5.41) is 0. The maximum Gasteiger partial charge on any atom is 0.125 e. The molecule has 0 aliphatic rings. The van der Waals surface area contributed by atoms with Crippen LogP contribution in [-0.4, -0.2) is 17.1 Å². The third kappa shape index (κ3) is 4.34. The largest absolute Gasteiger partial charge is 0.497 e. The predicted octanol–water partition coefficient (Wildman–Crippen LogP) is 3.80. The second-order valence-electron chi connectivity index (χ2n) is 4.94. The fourth-order valence-electron chi connectivity index (χ4n) is 2.29. The number of hydrogen-bond acceptors (Lipinski definition) is 3. The molecule has 1 aromatic heterocycles. The molecular formula is C16H18Cl2FN3O. The quantitative estimate of drug-likeness (QED) is 0.746. The van der Waals surface area contributed by atoms with Crippen LogP contribution in [0.25, 0.3) is 11.0 Å². The summed E-state index contributed by atoms with van der Waals surface area (Å²) < 4.78 is 18.3. The van der Waals surface area contributed by atoms with E-state index >= 15 is 0 Å². The summed E-state index contributed by atoms with van der Waals surface area (Å²) in [5.41, 5.74) is 8.65. The number of nitrogens with zero attached hydrogens (tertiary/aromatic N) is 1. The van der Waals surface area contributed by atoms with Crippen molar-refractivity contribution in [2.45, 2.75) is 12.5 Å². The lowest BCUT2D eigenvalue weighted by molar-refractivity contribution is 0.414. The summed E-state index contributed by atoms with van der Waals surface area (Å²) in [5.74, 6) is 1.18. The monoisotopic (exact) mass is 357 g/mol. The Hall–Kier alpha value is -1.82. The van der Waals surface area contributed by atoms with E-state index in [0.29, 0.717) is 17.8 Å².